The number of nitrogens with zero attached hydrogens (tertiary/aromatic N) is 1. The Hall–Kier alpha value is -2.67. The zero-order valence-corrected chi connectivity index (χ0v) is 21.5. The fourth-order valence-corrected chi connectivity index (χ4v) is 4.49. The molecule has 0 aliphatic heterocycles. The van der Waals surface area contributed by atoms with Crippen LogP contribution in [0.2, 0.25) is 0 Å². The Kier molecular flexibility index (Phi) is 13.8. The Balaban J connectivity index is 1.58. The van der Waals surface area contributed by atoms with E-state index in [2.05, 4.69) is 6.92 Å². The Morgan fingerprint density at radius 3 is 1.80 bits per heavy atom. The normalized spacial score (nSPS) is 10.8. The van der Waals surface area contributed by atoms with Gasteiger partial charge in [-0.25, -0.2) is 0 Å². The number of benzene rings is 2. The number of hydrogen-bond donors (Lipinski definition) is 0. The van der Waals surface area contributed by atoms with Crippen molar-refractivity contribution in [2.45, 2.75) is 95.3 Å². The molecular weight excluding hydrogens is 462 g/mol. The zero-order chi connectivity index (χ0) is 25.3. The van der Waals surface area contributed by atoms with Crippen LogP contribution in [0.4, 0.5) is 5.69 Å². The lowest BCUT2D eigenvalue weighted by Gasteiger charge is -2.06. The van der Waals surface area contributed by atoms with E-state index in [1.54, 1.807) is 36.4 Å². The van der Waals surface area contributed by atoms with Gasteiger partial charge >= 0.3 is 5.97 Å². The first-order chi connectivity index (χ1) is 17.0. The largest absolute Gasteiger partial charge is 0.427 e. The minimum absolute atomic E-state index is 0.0172. The van der Waals surface area contributed by atoms with Crippen molar-refractivity contribution in [1.29, 1.82) is 0 Å². The molecule has 6 nitrogen and oxygen atoms in total. The first-order valence-electron chi connectivity index (χ1n) is 12.8. The molecule has 190 valence electrons. The molecule has 0 spiro atoms. The molecule has 2 rings (SSSR count). The summed E-state index contributed by atoms with van der Waals surface area (Å²) in [5.41, 5.74) is 0.450. The van der Waals surface area contributed by atoms with Crippen LogP contribution in [0.5, 0.6) is 5.75 Å². The van der Waals surface area contributed by atoms with Gasteiger partial charge in [-0.3, -0.25) is 19.7 Å². The maximum absolute atomic E-state index is 12.4. The number of esters is 1. The topological polar surface area (TPSA) is 86.5 Å². The van der Waals surface area contributed by atoms with E-state index in [0.29, 0.717) is 22.6 Å². The SMILES string of the molecule is CCCCCCCCCCCCCCC(=O)Oc1ccc(C(=O)Sc2ccc([N+](=O)[O-])cc2)cc1. The van der Waals surface area contributed by atoms with Crippen LogP contribution < -0.4 is 4.74 Å². The Bertz CT molecular complexity index is 912. The van der Waals surface area contributed by atoms with E-state index in [0.717, 1.165) is 31.0 Å². The third-order valence-electron chi connectivity index (χ3n) is 5.81. The lowest BCUT2D eigenvalue weighted by Crippen LogP contribution is -2.07. The quantitative estimate of drug-likeness (QED) is 0.0541. The van der Waals surface area contributed by atoms with Gasteiger partial charge in [0.05, 0.1) is 4.92 Å². The van der Waals surface area contributed by atoms with Crippen LogP contribution in [0, 0.1) is 10.1 Å². The van der Waals surface area contributed by atoms with Crippen LogP contribution >= 0.6 is 11.8 Å². The number of non-ortho nitro benzene ring substituents is 1. The van der Waals surface area contributed by atoms with Gasteiger partial charge in [-0.05, 0) is 54.6 Å². The summed E-state index contributed by atoms with van der Waals surface area (Å²) in [6.45, 7) is 2.25. The summed E-state index contributed by atoms with van der Waals surface area (Å²) in [4.78, 5) is 35.4. The molecule has 35 heavy (non-hydrogen) atoms. The maximum atomic E-state index is 12.4. The first-order valence-corrected chi connectivity index (χ1v) is 13.6. The molecule has 2 aromatic rings. The van der Waals surface area contributed by atoms with Gasteiger partial charge in [-0.15, -0.1) is 0 Å². The average molecular weight is 500 g/mol. The molecule has 0 radical (unpaired) electrons. The molecule has 0 saturated heterocycles. The van der Waals surface area contributed by atoms with Crippen molar-refractivity contribution < 1.29 is 19.2 Å². The maximum Gasteiger partial charge on any atom is 0.311 e. The van der Waals surface area contributed by atoms with Gasteiger partial charge in [-0.1, -0.05) is 77.6 Å². The predicted octanol–water partition coefficient (Wildman–Crippen LogP) is 8.52. The average Bonchev–Trinajstić information content (AvgIpc) is 2.85. The van der Waals surface area contributed by atoms with Crippen LogP contribution in [-0.4, -0.2) is 16.0 Å². The van der Waals surface area contributed by atoms with Crippen molar-refractivity contribution >= 4 is 28.5 Å². The fraction of sp³-hybridized carbons (Fsp3) is 0.500. The van der Waals surface area contributed by atoms with Gasteiger partial charge in [0.15, 0.2) is 0 Å². The number of nitro groups is 1. The predicted molar refractivity (Wildman–Crippen MR) is 141 cm³/mol. The molecule has 0 unspecified atom stereocenters. The number of rotatable bonds is 17. The van der Waals surface area contributed by atoms with E-state index in [1.165, 1.54) is 69.9 Å². The van der Waals surface area contributed by atoms with E-state index in [4.69, 9.17) is 4.74 Å². The molecule has 0 aromatic heterocycles. The molecule has 0 aliphatic rings. The molecular formula is C28H37NO5S. The van der Waals surface area contributed by atoms with Gasteiger partial charge in [0.1, 0.15) is 5.75 Å². The minimum Gasteiger partial charge on any atom is -0.427 e. The van der Waals surface area contributed by atoms with Gasteiger partial charge in [0.25, 0.3) is 5.69 Å². The highest BCUT2D eigenvalue weighted by atomic mass is 32.2. The number of nitro benzene ring substituents is 1. The summed E-state index contributed by atoms with van der Waals surface area (Å²) in [5, 5.41) is 10.5. The van der Waals surface area contributed by atoms with Crippen molar-refractivity contribution in [3.05, 3.63) is 64.2 Å². The molecule has 0 atom stereocenters. The third kappa shape index (κ3) is 12.0. The number of carbonyl (C=O) groups excluding carboxylic acids is 2. The lowest BCUT2D eigenvalue weighted by atomic mass is 10.0. The van der Waals surface area contributed by atoms with Gasteiger partial charge in [0.2, 0.25) is 5.12 Å². The van der Waals surface area contributed by atoms with E-state index < -0.39 is 4.92 Å². The number of thioether (sulfide) groups is 1. The van der Waals surface area contributed by atoms with E-state index >= 15 is 0 Å². The third-order valence-corrected chi connectivity index (χ3v) is 6.74. The van der Waals surface area contributed by atoms with Gasteiger partial charge < -0.3 is 4.74 Å². The van der Waals surface area contributed by atoms with Crippen molar-refractivity contribution in [2.24, 2.45) is 0 Å². The number of carbonyl (C=O) groups is 2. The van der Waals surface area contributed by atoms with Gasteiger partial charge in [-0.2, -0.15) is 0 Å². The van der Waals surface area contributed by atoms with Crippen LogP contribution in [0.3, 0.4) is 0 Å². The second-order valence-electron chi connectivity index (χ2n) is 8.78. The fourth-order valence-electron chi connectivity index (χ4n) is 3.75. The summed E-state index contributed by atoms with van der Waals surface area (Å²) in [5.74, 6) is 0.169. The standard InChI is InChI=1S/C28H37NO5S/c1-2-3-4-5-6-7-8-9-10-11-12-13-14-27(30)34-25-19-15-23(16-20-25)28(31)35-26-21-17-24(18-22-26)29(32)33/h15-22H,2-14H2,1H3. The van der Waals surface area contributed by atoms with Crippen molar-refractivity contribution in [1.82, 2.24) is 0 Å². The van der Waals surface area contributed by atoms with Crippen LogP contribution in [0.25, 0.3) is 0 Å². The van der Waals surface area contributed by atoms with Crippen LogP contribution in [0.15, 0.2) is 53.4 Å². The molecule has 0 N–H and O–H groups in total. The van der Waals surface area contributed by atoms with Crippen molar-refractivity contribution in [3.8, 4) is 5.75 Å². The number of unbranched alkanes of at least 4 members (excludes halogenated alkanes) is 11. The van der Waals surface area contributed by atoms with Crippen LogP contribution in [-0.2, 0) is 4.79 Å². The summed E-state index contributed by atoms with van der Waals surface area (Å²) < 4.78 is 5.38. The molecule has 2 aromatic carbocycles. The van der Waals surface area contributed by atoms with Crippen LogP contribution in [0.1, 0.15) is 101 Å². The van der Waals surface area contributed by atoms with Gasteiger partial charge in [0, 0.05) is 29.0 Å². The Labute approximate surface area is 213 Å². The highest BCUT2D eigenvalue weighted by Gasteiger charge is 2.11. The molecule has 0 fully saturated rings. The zero-order valence-electron chi connectivity index (χ0n) is 20.7. The first kappa shape index (κ1) is 28.6. The summed E-state index contributed by atoms with van der Waals surface area (Å²) in [6.07, 6.45) is 15.4. The Morgan fingerprint density at radius 2 is 1.29 bits per heavy atom. The summed E-state index contributed by atoms with van der Waals surface area (Å²) in [6, 6.07) is 12.3. The second kappa shape index (κ2) is 16.9. The molecule has 0 saturated carbocycles. The van der Waals surface area contributed by atoms with E-state index in [-0.39, 0.29) is 16.8 Å². The second-order valence-corrected chi connectivity index (χ2v) is 9.82. The van der Waals surface area contributed by atoms with E-state index in [9.17, 15) is 19.7 Å². The van der Waals surface area contributed by atoms with E-state index in [1.807, 2.05) is 0 Å². The summed E-state index contributed by atoms with van der Waals surface area (Å²) in [7, 11) is 0. The highest BCUT2D eigenvalue weighted by Crippen LogP contribution is 2.26. The number of ether oxygens (including phenoxy) is 1. The molecule has 7 heteroatoms. The highest BCUT2D eigenvalue weighted by molar-refractivity contribution is 8.14. The molecule has 0 bridgehead atoms. The molecule has 0 aliphatic carbocycles. The smallest absolute Gasteiger partial charge is 0.311 e. The minimum atomic E-state index is -0.478. The molecule has 0 heterocycles. The monoisotopic (exact) mass is 499 g/mol. The Morgan fingerprint density at radius 1 is 0.771 bits per heavy atom. The number of hydrogen-bond acceptors (Lipinski definition) is 6. The van der Waals surface area contributed by atoms with Crippen molar-refractivity contribution in [2.75, 3.05) is 0 Å². The molecule has 0 amide bonds. The summed E-state index contributed by atoms with van der Waals surface area (Å²) >= 11 is 0.993. The lowest BCUT2D eigenvalue weighted by molar-refractivity contribution is -0.384. The van der Waals surface area contributed by atoms with Crippen molar-refractivity contribution in [3.63, 3.8) is 0 Å².